The molecule has 1 fully saturated rings. The van der Waals surface area contributed by atoms with Crippen LogP contribution < -0.4 is 10.5 Å². The maximum absolute atomic E-state index is 6.09. The summed E-state index contributed by atoms with van der Waals surface area (Å²) in [5.41, 5.74) is 7.39. The van der Waals surface area contributed by atoms with Crippen LogP contribution in [0.3, 0.4) is 0 Å². The molecule has 1 aromatic carbocycles. The number of nitrogens with zero attached hydrogens (tertiary/aromatic N) is 2. The fourth-order valence-electron chi connectivity index (χ4n) is 3.30. The van der Waals surface area contributed by atoms with Crippen molar-refractivity contribution < 1.29 is 4.74 Å². The topological polar surface area (TPSA) is 41.7 Å². The van der Waals surface area contributed by atoms with Gasteiger partial charge >= 0.3 is 0 Å². The smallest absolute Gasteiger partial charge is 0.119 e. The van der Waals surface area contributed by atoms with Gasteiger partial charge in [0.05, 0.1) is 6.61 Å². The van der Waals surface area contributed by atoms with E-state index in [-0.39, 0.29) is 0 Å². The summed E-state index contributed by atoms with van der Waals surface area (Å²) < 4.78 is 5.52. The van der Waals surface area contributed by atoms with Gasteiger partial charge in [-0.2, -0.15) is 0 Å². The molecule has 0 bridgehead atoms. The van der Waals surface area contributed by atoms with Gasteiger partial charge in [0.25, 0.3) is 0 Å². The predicted molar refractivity (Wildman–Crippen MR) is 87.7 cm³/mol. The van der Waals surface area contributed by atoms with Crippen LogP contribution in [0.2, 0.25) is 0 Å². The summed E-state index contributed by atoms with van der Waals surface area (Å²) in [5.74, 6) is 0.934. The highest BCUT2D eigenvalue weighted by Crippen LogP contribution is 2.30. The molecule has 0 amide bonds. The van der Waals surface area contributed by atoms with Crippen molar-refractivity contribution in [3.8, 4) is 5.75 Å². The van der Waals surface area contributed by atoms with E-state index in [4.69, 9.17) is 10.5 Å². The zero-order valence-electron chi connectivity index (χ0n) is 13.6. The van der Waals surface area contributed by atoms with Crippen molar-refractivity contribution in [1.82, 2.24) is 9.80 Å². The molecule has 0 aliphatic carbocycles. The van der Waals surface area contributed by atoms with Crippen LogP contribution in [0.25, 0.3) is 0 Å². The van der Waals surface area contributed by atoms with Crippen molar-refractivity contribution in [3.05, 3.63) is 29.8 Å². The first kappa shape index (κ1) is 16.3. The standard InChI is InChI=1S/C17H29N3O/c1-4-21-16-9-7-14(8-10-16)17(12-18)20-11-5-6-15(20)13-19(2)3/h7-10,15,17H,4-6,11-13,18H2,1-3H3. The van der Waals surface area contributed by atoms with E-state index >= 15 is 0 Å². The quantitative estimate of drug-likeness (QED) is 0.835. The Morgan fingerprint density at radius 2 is 2.05 bits per heavy atom. The number of likely N-dealkylation sites (tertiary alicyclic amines) is 1. The highest BCUT2D eigenvalue weighted by Gasteiger charge is 2.31. The van der Waals surface area contributed by atoms with Crippen molar-refractivity contribution >= 4 is 0 Å². The Hall–Kier alpha value is -1.10. The molecule has 1 aromatic rings. The van der Waals surface area contributed by atoms with E-state index < -0.39 is 0 Å². The summed E-state index contributed by atoms with van der Waals surface area (Å²) in [6.07, 6.45) is 2.54. The monoisotopic (exact) mass is 291 g/mol. The number of hydrogen-bond donors (Lipinski definition) is 1. The second-order valence-corrected chi connectivity index (χ2v) is 6.05. The van der Waals surface area contributed by atoms with Crippen LogP contribution >= 0.6 is 0 Å². The zero-order chi connectivity index (χ0) is 15.2. The van der Waals surface area contributed by atoms with Gasteiger partial charge in [-0.15, -0.1) is 0 Å². The maximum atomic E-state index is 6.09. The first-order valence-corrected chi connectivity index (χ1v) is 7.99. The van der Waals surface area contributed by atoms with E-state index in [9.17, 15) is 0 Å². The fourth-order valence-corrected chi connectivity index (χ4v) is 3.30. The fraction of sp³-hybridized carbons (Fsp3) is 0.647. The normalized spacial score (nSPS) is 20.9. The van der Waals surface area contributed by atoms with Crippen LogP contribution in [-0.4, -0.2) is 56.2 Å². The van der Waals surface area contributed by atoms with Crippen molar-refractivity contribution in [2.24, 2.45) is 5.73 Å². The number of nitrogens with two attached hydrogens (primary N) is 1. The molecule has 2 unspecified atom stereocenters. The lowest BCUT2D eigenvalue weighted by molar-refractivity contribution is 0.156. The van der Waals surface area contributed by atoms with E-state index in [0.717, 1.165) is 18.8 Å². The van der Waals surface area contributed by atoms with Gasteiger partial charge in [0.2, 0.25) is 0 Å². The average molecular weight is 291 g/mol. The van der Waals surface area contributed by atoms with E-state index in [0.29, 0.717) is 25.2 Å². The second-order valence-electron chi connectivity index (χ2n) is 6.05. The van der Waals surface area contributed by atoms with E-state index in [2.05, 4.69) is 48.2 Å². The lowest BCUT2D eigenvalue weighted by atomic mass is 10.0. The van der Waals surface area contributed by atoms with Crippen molar-refractivity contribution in [3.63, 3.8) is 0 Å². The molecule has 1 saturated heterocycles. The van der Waals surface area contributed by atoms with Crippen LogP contribution in [0.15, 0.2) is 24.3 Å². The molecule has 118 valence electrons. The minimum atomic E-state index is 0.313. The van der Waals surface area contributed by atoms with Crippen LogP contribution in [0.5, 0.6) is 5.75 Å². The van der Waals surface area contributed by atoms with Gasteiger partial charge in [-0.1, -0.05) is 12.1 Å². The van der Waals surface area contributed by atoms with E-state index in [1.54, 1.807) is 0 Å². The van der Waals surface area contributed by atoms with Gasteiger partial charge in [-0.3, -0.25) is 4.90 Å². The summed E-state index contributed by atoms with van der Waals surface area (Å²) in [6.45, 7) is 5.63. The van der Waals surface area contributed by atoms with Gasteiger partial charge in [0.1, 0.15) is 5.75 Å². The highest BCUT2D eigenvalue weighted by molar-refractivity contribution is 5.29. The molecule has 2 N–H and O–H groups in total. The van der Waals surface area contributed by atoms with Crippen molar-refractivity contribution in [2.45, 2.75) is 31.8 Å². The Morgan fingerprint density at radius 1 is 1.33 bits per heavy atom. The Labute approximate surface area is 128 Å². The second kappa shape index (κ2) is 7.78. The van der Waals surface area contributed by atoms with Crippen molar-refractivity contribution in [2.75, 3.05) is 40.3 Å². The largest absolute Gasteiger partial charge is 0.494 e. The summed E-state index contributed by atoms with van der Waals surface area (Å²) in [6, 6.07) is 9.35. The van der Waals surface area contributed by atoms with Gasteiger partial charge in [0, 0.05) is 25.2 Å². The lowest BCUT2D eigenvalue weighted by Crippen LogP contribution is -2.42. The average Bonchev–Trinajstić information content (AvgIpc) is 2.89. The Bertz CT molecular complexity index is 419. The Balaban J connectivity index is 2.10. The predicted octanol–water partition coefficient (Wildman–Crippen LogP) is 2.11. The first-order valence-electron chi connectivity index (χ1n) is 7.99. The van der Waals surface area contributed by atoms with Gasteiger partial charge in [0.15, 0.2) is 0 Å². The third-order valence-electron chi connectivity index (χ3n) is 4.20. The summed E-state index contributed by atoms with van der Waals surface area (Å²) in [5, 5.41) is 0. The molecule has 0 spiro atoms. The van der Waals surface area contributed by atoms with Crippen LogP contribution in [0.1, 0.15) is 31.4 Å². The number of rotatable bonds is 7. The first-order chi connectivity index (χ1) is 10.2. The third-order valence-corrected chi connectivity index (χ3v) is 4.20. The van der Waals surface area contributed by atoms with Gasteiger partial charge in [-0.25, -0.2) is 0 Å². The molecule has 0 saturated carbocycles. The molecule has 4 heteroatoms. The maximum Gasteiger partial charge on any atom is 0.119 e. The highest BCUT2D eigenvalue weighted by atomic mass is 16.5. The van der Waals surface area contributed by atoms with Crippen LogP contribution in [0, 0.1) is 0 Å². The minimum absolute atomic E-state index is 0.313. The number of benzene rings is 1. The number of hydrogen-bond acceptors (Lipinski definition) is 4. The molecule has 2 atom stereocenters. The molecule has 1 heterocycles. The molecule has 0 aromatic heterocycles. The zero-order valence-corrected chi connectivity index (χ0v) is 13.6. The summed E-state index contributed by atoms with van der Waals surface area (Å²) in [4.78, 5) is 4.85. The number of likely N-dealkylation sites (N-methyl/N-ethyl adjacent to an activating group) is 1. The SMILES string of the molecule is CCOc1ccc(C(CN)N2CCCC2CN(C)C)cc1. The number of ether oxygens (including phenoxy) is 1. The van der Waals surface area contributed by atoms with E-state index in [1.807, 2.05) is 6.92 Å². The molecular formula is C17H29N3O. The third kappa shape index (κ3) is 4.19. The van der Waals surface area contributed by atoms with Crippen molar-refractivity contribution in [1.29, 1.82) is 0 Å². The van der Waals surface area contributed by atoms with Crippen LogP contribution in [-0.2, 0) is 0 Å². The molecule has 0 radical (unpaired) electrons. The van der Waals surface area contributed by atoms with E-state index in [1.165, 1.54) is 18.4 Å². The molecule has 2 rings (SSSR count). The summed E-state index contributed by atoms with van der Waals surface area (Å²) in [7, 11) is 4.29. The molecule has 1 aliphatic heterocycles. The lowest BCUT2D eigenvalue weighted by Gasteiger charge is -2.34. The molecule has 4 nitrogen and oxygen atoms in total. The van der Waals surface area contributed by atoms with Gasteiger partial charge in [-0.05, 0) is 58.1 Å². The molecule has 1 aliphatic rings. The van der Waals surface area contributed by atoms with Gasteiger partial charge < -0.3 is 15.4 Å². The Kier molecular flexibility index (Phi) is 6.03. The summed E-state index contributed by atoms with van der Waals surface area (Å²) >= 11 is 0. The molecular weight excluding hydrogens is 262 g/mol. The molecule has 21 heavy (non-hydrogen) atoms. The van der Waals surface area contributed by atoms with Crippen LogP contribution in [0.4, 0.5) is 0 Å². The Morgan fingerprint density at radius 3 is 2.62 bits per heavy atom. The minimum Gasteiger partial charge on any atom is -0.494 e.